The molecule has 3 aromatic rings. The first kappa shape index (κ1) is 22.7. The van der Waals surface area contributed by atoms with Crippen LogP contribution in [0.4, 0.5) is 5.69 Å². The van der Waals surface area contributed by atoms with Gasteiger partial charge >= 0.3 is 0 Å². The molecule has 3 nitrogen and oxygen atoms in total. The molecule has 7 heteroatoms. The van der Waals surface area contributed by atoms with E-state index >= 15 is 0 Å². The quantitative estimate of drug-likeness (QED) is 0.233. The van der Waals surface area contributed by atoms with E-state index in [4.69, 9.17) is 32.2 Å². The summed E-state index contributed by atoms with van der Waals surface area (Å²) in [6, 6.07) is 18.3. The monoisotopic (exact) mass is 467 g/mol. The first-order valence-corrected chi connectivity index (χ1v) is 12.3. The second kappa shape index (κ2) is 10.9. The van der Waals surface area contributed by atoms with Gasteiger partial charge in [0.05, 0.1) is 25.2 Å². The Morgan fingerprint density at radius 3 is 2.24 bits per heavy atom. The number of anilines is 1. The Balaban J connectivity index is 2.06. The van der Waals surface area contributed by atoms with Crippen molar-refractivity contribution < 1.29 is 9.05 Å². The third-order valence-electron chi connectivity index (χ3n) is 4.19. The number of aryl methyl sites for hydroxylation is 1. The van der Waals surface area contributed by atoms with Gasteiger partial charge in [-0.2, -0.15) is 0 Å². The Labute approximate surface area is 188 Å². The summed E-state index contributed by atoms with van der Waals surface area (Å²) in [6.45, 7) is 7.34. The summed E-state index contributed by atoms with van der Waals surface area (Å²) in [5.74, 6) is 0. The maximum Gasteiger partial charge on any atom is 0.192 e. The zero-order valence-electron chi connectivity index (χ0n) is 16.7. The van der Waals surface area contributed by atoms with Crippen LogP contribution in [0.25, 0.3) is 10.8 Å². The number of hydrogen-bond donors (Lipinski definition) is 0. The smallest absolute Gasteiger partial charge is 0.192 e. The number of hydrogen-bond acceptors (Lipinski definition) is 4. The number of fused-ring (bicyclic) bond motifs is 1. The van der Waals surface area contributed by atoms with Crippen molar-refractivity contribution in [2.24, 2.45) is 0 Å². The Bertz CT molecular complexity index is 946. The van der Waals surface area contributed by atoms with Crippen LogP contribution < -0.4 is 4.31 Å². The maximum atomic E-state index is 6.25. The zero-order valence-corrected chi connectivity index (χ0v) is 19.9. The van der Waals surface area contributed by atoms with Crippen molar-refractivity contribution in [2.45, 2.75) is 25.7 Å². The lowest BCUT2D eigenvalue weighted by molar-refractivity contribution is 0.270. The lowest BCUT2D eigenvalue weighted by Crippen LogP contribution is -2.18. The van der Waals surface area contributed by atoms with Crippen LogP contribution in [-0.4, -0.2) is 19.5 Å². The molecule has 0 aromatic heterocycles. The predicted octanol–water partition coefficient (Wildman–Crippen LogP) is 8.31. The highest BCUT2D eigenvalue weighted by Gasteiger charge is 2.21. The van der Waals surface area contributed by atoms with Gasteiger partial charge in [0.1, 0.15) is 0 Å². The van der Waals surface area contributed by atoms with Gasteiger partial charge < -0.3 is 13.4 Å². The van der Waals surface area contributed by atoms with Crippen LogP contribution in [0.5, 0.6) is 0 Å². The van der Waals surface area contributed by atoms with Crippen molar-refractivity contribution >= 4 is 60.0 Å². The Morgan fingerprint density at radius 2 is 1.59 bits per heavy atom. The van der Waals surface area contributed by atoms with Crippen LogP contribution in [0.2, 0.25) is 10.0 Å². The number of benzene rings is 3. The van der Waals surface area contributed by atoms with E-state index in [2.05, 4.69) is 47.6 Å². The predicted molar refractivity (Wildman–Crippen MR) is 129 cm³/mol. The topological polar surface area (TPSA) is 21.7 Å². The summed E-state index contributed by atoms with van der Waals surface area (Å²) in [7, 11) is -1.06. The molecule has 0 bridgehead atoms. The highest BCUT2D eigenvalue weighted by molar-refractivity contribution is 8.01. The average molecular weight is 468 g/mol. The molecule has 0 unspecified atom stereocenters. The van der Waals surface area contributed by atoms with E-state index in [1.807, 2.05) is 26.0 Å². The second-order valence-electron chi connectivity index (χ2n) is 6.34. The minimum absolute atomic E-state index is 0.613. The highest BCUT2D eigenvalue weighted by atomic mass is 35.5. The molecule has 29 heavy (non-hydrogen) atoms. The fraction of sp³-hybridized carbons (Fsp3) is 0.273. The van der Waals surface area contributed by atoms with E-state index in [0.29, 0.717) is 29.5 Å². The van der Waals surface area contributed by atoms with E-state index in [9.17, 15) is 0 Å². The molecule has 0 aliphatic heterocycles. The first-order chi connectivity index (χ1) is 14.0. The van der Waals surface area contributed by atoms with E-state index < -0.39 is 8.38 Å². The van der Waals surface area contributed by atoms with Gasteiger partial charge in [0.2, 0.25) is 0 Å². The van der Waals surface area contributed by atoms with Crippen molar-refractivity contribution in [3.63, 3.8) is 0 Å². The molecule has 0 radical (unpaired) electrons. The van der Waals surface area contributed by atoms with Crippen LogP contribution in [-0.2, 0) is 9.05 Å². The Hall–Kier alpha value is -1.00. The molecule has 0 heterocycles. The average Bonchev–Trinajstić information content (AvgIpc) is 2.67. The zero-order chi connectivity index (χ0) is 20.8. The Morgan fingerprint density at radius 1 is 0.931 bits per heavy atom. The van der Waals surface area contributed by atoms with Crippen molar-refractivity contribution in [1.29, 1.82) is 0 Å². The minimum Gasteiger partial charge on any atom is -0.333 e. The van der Waals surface area contributed by atoms with Crippen molar-refractivity contribution in [2.75, 3.05) is 23.8 Å². The third-order valence-corrected chi connectivity index (χ3v) is 7.41. The molecular weight excluding hydrogens is 444 g/mol. The molecule has 3 rings (SSSR count). The summed E-state index contributed by atoms with van der Waals surface area (Å²) in [4.78, 5) is 0.970. The van der Waals surface area contributed by atoms with E-state index in [-0.39, 0.29) is 0 Å². The molecule has 0 amide bonds. The number of halogens is 2. The van der Waals surface area contributed by atoms with Crippen LogP contribution in [0, 0.1) is 6.92 Å². The van der Waals surface area contributed by atoms with Crippen LogP contribution >= 0.6 is 43.5 Å². The molecule has 0 fully saturated rings. The lowest BCUT2D eigenvalue weighted by Gasteiger charge is -2.29. The summed E-state index contributed by atoms with van der Waals surface area (Å²) in [5, 5.41) is 3.62. The maximum absolute atomic E-state index is 6.25. The van der Waals surface area contributed by atoms with Gasteiger partial charge in [-0.15, -0.1) is 0 Å². The Kier molecular flexibility index (Phi) is 8.49. The van der Waals surface area contributed by atoms with Crippen molar-refractivity contribution in [1.82, 2.24) is 0 Å². The summed E-state index contributed by atoms with van der Waals surface area (Å²) in [6.07, 6.45) is 0.626. The van der Waals surface area contributed by atoms with Crippen LogP contribution in [0.3, 0.4) is 0 Å². The van der Waals surface area contributed by atoms with Gasteiger partial charge in [-0.05, 0) is 61.9 Å². The minimum atomic E-state index is -1.06. The fourth-order valence-electron chi connectivity index (χ4n) is 3.06. The SMILES string of the molecule is CCOP(CN(Sc1cc(Cl)cc(Cl)c1)c1c(C)ccc2ccccc12)OCC. The largest absolute Gasteiger partial charge is 0.333 e. The summed E-state index contributed by atoms with van der Waals surface area (Å²) >= 11 is 14.1. The number of rotatable bonds is 9. The molecule has 0 saturated carbocycles. The summed E-state index contributed by atoms with van der Waals surface area (Å²) in [5.41, 5.74) is 2.34. The molecule has 0 N–H and O–H groups in total. The molecule has 154 valence electrons. The molecule has 0 spiro atoms. The molecule has 0 aliphatic carbocycles. The molecule has 0 aliphatic rings. The van der Waals surface area contributed by atoms with Gasteiger partial charge in [0.15, 0.2) is 8.38 Å². The van der Waals surface area contributed by atoms with Crippen molar-refractivity contribution in [3.8, 4) is 0 Å². The first-order valence-electron chi connectivity index (χ1n) is 9.45. The molecular formula is C22H24Cl2NO2PS. The van der Waals surface area contributed by atoms with Gasteiger partial charge in [-0.1, -0.05) is 59.6 Å². The molecule has 3 aromatic carbocycles. The summed E-state index contributed by atoms with van der Waals surface area (Å²) < 4.78 is 14.1. The van der Waals surface area contributed by atoms with E-state index in [1.165, 1.54) is 16.3 Å². The number of nitrogens with zero attached hydrogens (tertiary/aromatic N) is 1. The second-order valence-corrected chi connectivity index (χ2v) is 9.77. The van der Waals surface area contributed by atoms with Gasteiger partial charge in [0, 0.05) is 20.3 Å². The van der Waals surface area contributed by atoms with Gasteiger partial charge in [-0.25, -0.2) is 0 Å². The normalized spacial score (nSPS) is 11.4. The van der Waals surface area contributed by atoms with Crippen LogP contribution in [0.15, 0.2) is 59.5 Å². The van der Waals surface area contributed by atoms with Gasteiger partial charge in [0.25, 0.3) is 0 Å². The van der Waals surface area contributed by atoms with Crippen LogP contribution in [0.1, 0.15) is 19.4 Å². The lowest BCUT2D eigenvalue weighted by atomic mass is 10.0. The molecule has 0 saturated heterocycles. The van der Waals surface area contributed by atoms with E-state index in [1.54, 1.807) is 18.0 Å². The standard InChI is InChI=1S/C22H24Cl2NO2PS/c1-4-26-28(27-5-2)15-25(29-20-13-18(23)12-19(24)14-20)22-16(3)10-11-17-8-6-7-9-21(17)22/h6-14H,4-5,15H2,1-3H3. The van der Waals surface area contributed by atoms with E-state index in [0.717, 1.165) is 10.6 Å². The third kappa shape index (κ3) is 6.01. The van der Waals surface area contributed by atoms with Crippen molar-refractivity contribution in [3.05, 3.63) is 70.2 Å². The molecule has 0 atom stereocenters. The van der Waals surface area contributed by atoms with Gasteiger partial charge in [-0.3, -0.25) is 0 Å². The fourth-order valence-corrected chi connectivity index (χ4v) is 6.34. The highest BCUT2D eigenvalue weighted by Crippen LogP contribution is 2.46.